The van der Waals surface area contributed by atoms with Gasteiger partial charge in [0.2, 0.25) is 0 Å². The molecule has 1 aromatic carbocycles. The van der Waals surface area contributed by atoms with Crippen molar-refractivity contribution in [3.63, 3.8) is 0 Å². The first-order valence-electron chi connectivity index (χ1n) is 6.96. The van der Waals surface area contributed by atoms with E-state index >= 15 is 0 Å². The summed E-state index contributed by atoms with van der Waals surface area (Å²) in [5.74, 6) is -0.439. The van der Waals surface area contributed by atoms with E-state index in [9.17, 15) is 9.59 Å². The van der Waals surface area contributed by atoms with Gasteiger partial charge in [0.05, 0.1) is 7.11 Å². The minimum atomic E-state index is -0.439. The van der Waals surface area contributed by atoms with Gasteiger partial charge in [-0.25, -0.2) is 4.79 Å². The molecule has 0 saturated heterocycles. The van der Waals surface area contributed by atoms with Gasteiger partial charge in [-0.3, -0.25) is 4.79 Å². The number of anilines is 1. The topological polar surface area (TPSA) is 84.7 Å². The van der Waals surface area contributed by atoms with E-state index in [1.807, 2.05) is 26.0 Å². The number of nitrogens with one attached hydrogen (secondary N) is 1. The molecule has 0 radical (unpaired) electrons. The molecule has 0 saturated carbocycles. The number of benzene rings is 1. The number of nitrogens with two attached hydrogens (primary N) is 1. The fraction of sp³-hybridized carbons (Fsp3) is 0.467. The second kappa shape index (κ2) is 8.26. The predicted molar refractivity (Wildman–Crippen MR) is 81.9 cm³/mol. The Morgan fingerprint density at radius 1 is 1.33 bits per heavy atom. The van der Waals surface area contributed by atoms with Crippen molar-refractivity contribution in [2.45, 2.75) is 26.3 Å². The Morgan fingerprint density at radius 3 is 2.43 bits per heavy atom. The van der Waals surface area contributed by atoms with Crippen LogP contribution in [0.3, 0.4) is 0 Å². The fourth-order valence-corrected chi connectivity index (χ4v) is 1.82. The Bertz CT molecular complexity index is 472. The zero-order valence-corrected chi connectivity index (χ0v) is 12.8. The van der Waals surface area contributed by atoms with Crippen LogP contribution in [0.1, 0.15) is 31.9 Å². The summed E-state index contributed by atoms with van der Waals surface area (Å²) in [5, 5.41) is 2.76. The predicted octanol–water partition coefficient (Wildman–Crippen LogP) is 2.12. The van der Waals surface area contributed by atoms with Gasteiger partial charge in [-0.2, -0.15) is 0 Å². The van der Waals surface area contributed by atoms with Crippen molar-refractivity contribution >= 4 is 17.7 Å². The Labute approximate surface area is 125 Å². The van der Waals surface area contributed by atoms with E-state index in [4.69, 9.17) is 5.73 Å². The number of amides is 2. The highest BCUT2D eigenvalue weighted by atomic mass is 16.5. The highest BCUT2D eigenvalue weighted by Crippen LogP contribution is 2.14. The zero-order chi connectivity index (χ0) is 15.8. The number of ether oxygens (including phenoxy) is 1. The molecule has 0 spiro atoms. The van der Waals surface area contributed by atoms with Gasteiger partial charge in [-0.05, 0) is 31.0 Å². The standard InChI is InChI=1S/C15H23N3O3/c1-4-9-18(10-14(19)21-3)15(20)17-13-7-5-12(6-8-13)11(2)16/h5-8,11H,4,9-10,16H2,1-3H3,(H,17,20). The number of urea groups is 1. The molecule has 116 valence electrons. The first kappa shape index (κ1) is 17.0. The quantitative estimate of drug-likeness (QED) is 0.787. The van der Waals surface area contributed by atoms with Crippen LogP contribution in [0, 0.1) is 0 Å². The highest BCUT2D eigenvalue weighted by molar-refractivity contribution is 5.91. The lowest BCUT2D eigenvalue weighted by Gasteiger charge is -2.21. The number of esters is 1. The van der Waals surface area contributed by atoms with Crippen molar-refractivity contribution in [2.24, 2.45) is 5.73 Å². The summed E-state index contributed by atoms with van der Waals surface area (Å²) in [5.41, 5.74) is 7.43. The third-order valence-corrected chi connectivity index (χ3v) is 3.02. The highest BCUT2D eigenvalue weighted by Gasteiger charge is 2.16. The lowest BCUT2D eigenvalue weighted by atomic mass is 10.1. The summed E-state index contributed by atoms with van der Waals surface area (Å²) in [6.45, 7) is 4.26. The number of carbonyl (C=O) groups is 2. The Morgan fingerprint density at radius 2 is 1.95 bits per heavy atom. The Hall–Kier alpha value is -2.08. The summed E-state index contributed by atoms with van der Waals surface area (Å²) in [6, 6.07) is 6.94. The fourth-order valence-electron chi connectivity index (χ4n) is 1.82. The van der Waals surface area contributed by atoms with Gasteiger partial charge in [0.15, 0.2) is 0 Å². The number of rotatable bonds is 6. The van der Waals surface area contributed by atoms with Crippen molar-refractivity contribution in [3.8, 4) is 0 Å². The summed E-state index contributed by atoms with van der Waals surface area (Å²) < 4.78 is 4.59. The lowest BCUT2D eigenvalue weighted by Crippen LogP contribution is -2.39. The van der Waals surface area contributed by atoms with Gasteiger partial charge >= 0.3 is 12.0 Å². The molecule has 6 heteroatoms. The van der Waals surface area contributed by atoms with E-state index in [2.05, 4.69) is 10.1 Å². The molecule has 0 aromatic heterocycles. The monoisotopic (exact) mass is 293 g/mol. The van der Waals surface area contributed by atoms with E-state index in [1.54, 1.807) is 12.1 Å². The van der Waals surface area contributed by atoms with E-state index in [-0.39, 0.29) is 18.6 Å². The molecule has 0 aliphatic rings. The molecule has 1 atom stereocenters. The van der Waals surface area contributed by atoms with Gasteiger partial charge in [0.1, 0.15) is 6.54 Å². The largest absolute Gasteiger partial charge is 0.468 e. The molecule has 0 bridgehead atoms. The molecule has 0 fully saturated rings. The average molecular weight is 293 g/mol. The van der Waals surface area contributed by atoms with Crippen LogP contribution in [0.4, 0.5) is 10.5 Å². The molecular formula is C15H23N3O3. The molecule has 3 N–H and O–H groups in total. The van der Waals surface area contributed by atoms with Crippen LogP contribution in [0.15, 0.2) is 24.3 Å². The van der Waals surface area contributed by atoms with E-state index in [0.29, 0.717) is 12.2 Å². The molecule has 0 aliphatic heterocycles. The number of nitrogens with zero attached hydrogens (tertiary/aromatic N) is 1. The molecule has 0 aliphatic carbocycles. The maximum atomic E-state index is 12.2. The molecule has 0 heterocycles. The Balaban J connectivity index is 2.69. The molecule has 6 nitrogen and oxygen atoms in total. The van der Waals surface area contributed by atoms with Gasteiger partial charge in [0.25, 0.3) is 0 Å². The molecular weight excluding hydrogens is 270 g/mol. The number of hydrogen-bond donors (Lipinski definition) is 2. The first-order chi connectivity index (χ1) is 9.97. The second-order valence-corrected chi connectivity index (χ2v) is 4.84. The Kier molecular flexibility index (Phi) is 6.68. The minimum absolute atomic E-state index is 0.0503. The van der Waals surface area contributed by atoms with E-state index in [1.165, 1.54) is 12.0 Å². The maximum absolute atomic E-state index is 12.2. The van der Waals surface area contributed by atoms with Gasteiger partial charge in [0, 0.05) is 18.3 Å². The van der Waals surface area contributed by atoms with Gasteiger partial charge < -0.3 is 20.7 Å². The maximum Gasteiger partial charge on any atom is 0.325 e. The molecule has 1 unspecified atom stereocenters. The normalized spacial score (nSPS) is 11.6. The van der Waals surface area contributed by atoms with Crippen molar-refractivity contribution in [1.29, 1.82) is 0 Å². The lowest BCUT2D eigenvalue weighted by molar-refractivity contribution is -0.141. The number of hydrogen-bond acceptors (Lipinski definition) is 4. The summed E-state index contributed by atoms with van der Waals surface area (Å²) >= 11 is 0. The zero-order valence-electron chi connectivity index (χ0n) is 12.8. The van der Waals surface area contributed by atoms with Crippen molar-refractivity contribution in [1.82, 2.24) is 4.90 Å². The van der Waals surface area contributed by atoms with Crippen molar-refractivity contribution in [3.05, 3.63) is 29.8 Å². The van der Waals surface area contributed by atoms with Crippen LogP contribution >= 0.6 is 0 Å². The van der Waals surface area contributed by atoms with Crippen LogP contribution in [0.2, 0.25) is 0 Å². The molecule has 2 amide bonds. The number of carbonyl (C=O) groups excluding carboxylic acids is 2. The smallest absolute Gasteiger partial charge is 0.325 e. The molecule has 1 rings (SSSR count). The van der Waals surface area contributed by atoms with E-state index < -0.39 is 5.97 Å². The molecule has 21 heavy (non-hydrogen) atoms. The summed E-state index contributed by atoms with van der Waals surface area (Å²) in [7, 11) is 1.30. The van der Waals surface area contributed by atoms with Crippen molar-refractivity contribution < 1.29 is 14.3 Å². The SMILES string of the molecule is CCCN(CC(=O)OC)C(=O)Nc1ccc(C(C)N)cc1. The average Bonchev–Trinajstić information content (AvgIpc) is 2.47. The number of methoxy groups -OCH3 is 1. The van der Waals surface area contributed by atoms with E-state index in [0.717, 1.165) is 12.0 Å². The first-order valence-corrected chi connectivity index (χ1v) is 6.96. The van der Waals surface area contributed by atoms with Crippen LogP contribution in [-0.4, -0.2) is 37.1 Å². The van der Waals surface area contributed by atoms with Crippen LogP contribution < -0.4 is 11.1 Å². The third kappa shape index (κ3) is 5.43. The summed E-state index contributed by atoms with van der Waals surface area (Å²) in [6.07, 6.45) is 0.758. The third-order valence-electron chi connectivity index (χ3n) is 3.02. The van der Waals surface area contributed by atoms with Crippen molar-refractivity contribution in [2.75, 3.05) is 25.5 Å². The van der Waals surface area contributed by atoms with Crippen LogP contribution in [0.25, 0.3) is 0 Å². The van der Waals surface area contributed by atoms with Gasteiger partial charge in [-0.1, -0.05) is 19.1 Å². The second-order valence-electron chi connectivity index (χ2n) is 4.84. The van der Waals surface area contributed by atoms with Crippen LogP contribution in [0.5, 0.6) is 0 Å². The molecule has 1 aromatic rings. The van der Waals surface area contributed by atoms with Crippen LogP contribution in [-0.2, 0) is 9.53 Å². The summed E-state index contributed by atoms with van der Waals surface area (Å²) in [4.78, 5) is 24.9. The minimum Gasteiger partial charge on any atom is -0.468 e. The van der Waals surface area contributed by atoms with Gasteiger partial charge in [-0.15, -0.1) is 0 Å².